The van der Waals surface area contributed by atoms with Crippen molar-refractivity contribution in [2.24, 2.45) is 0 Å². The van der Waals surface area contributed by atoms with Crippen LogP contribution in [0, 0.1) is 28.8 Å². The second-order valence-electron chi connectivity index (χ2n) is 25.3. The van der Waals surface area contributed by atoms with E-state index in [0.29, 0.717) is 128 Å². The Morgan fingerprint density at radius 1 is 0.463 bits per heavy atom. The van der Waals surface area contributed by atoms with Crippen LogP contribution >= 0.6 is 34.8 Å². The minimum absolute atomic E-state index is 0.0000969. The number of aromatic hydroxyl groups is 3. The molecule has 3 aromatic heterocycles. The molecule has 3 amide bonds. The molecule has 0 unspecified atom stereocenters. The number of fused-ring (bicyclic) bond motifs is 6. The summed E-state index contributed by atoms with van der Waals surface area (Å²) in [5, 5.41) is 46.4. The van der Waals surface area contributed by atoms with Gasteiger partial charge in [0.2, 0.25) is 17.7 Å². The third-order valence-electron chi connectivity index (χ3n) is 19.1. The number of nitrogens with zero attached hydrogens (tertiary/aromatic N) is 13. The van der Waals surface area contributed by atoms with E-state index >= 15 is 13.2 Å². The zero-order valence-electron chi connectivity index (χ0n) is 58.4. The number of carbonyl (C=O) groups is 3. The highest BCUT2D eigenvalue weighted by molar-refractivity contribution is 6.36. The van der Waals surface area contributed by atoms with E-state index in [1.807, 2.05) is 87.5 Å². The lowest BCUT2D eigenvalue weighted by Crippen LogP contribution is -2.55. The van der Waals surface area contributed by atoms with Crippen LogP contribution in [0.2, 0.25) is 15.1 Å². The average molecular weight is 1520 g/mol. The van der Waals surface area contributed by atoms with Gasteiger partial charge in [0.15, 0.2) is 17.5 Å². The van der Waals surface area contributed by atoms with Gasteiger partial charge in [-0.25, -0.2) is 13.2 Å². The maximum Gasteiger partial charge on any atom is 0.318 e. The molecule has 6 heterocycles. The van der Waals surface area contributed by atoms with E-state index < -0.39 is 23.5 Å². The summed E-state index contributed by atoms with van der Waals surface area (Å²) >= 11 is 20.1. The Balaban J connectivity index is 0.000000143. The van der Waals surface area contributed by atoms with Crippen LogP contribution in [-0.2, 0) is 14.4 Å². The van der Waals surface area contributed by atoms with Crippen LogP contribution < -0.4 is 28.9 Å². The average Bonchev–Trinajstić information content (AvgIpc) is 0.754. The molecule has 9 aromatic carbocycles. The van der Waals surface area contributed by atoms with E-state index in [9.17, 15) is 35.0 Å². The first-order valence-corrected chi connectivity index (χ1v) is 35.1. The number of nitriles is 1. The normalized spacial score (nSPS) is 14.5. The topological polar surface area (TPSA) is 260 Å². The van der Waals surface area contributed by atoms with Crippen molar-refractivity contribution in [3.8, 4) is 74.7 Å². The first-order valence-electron chi connectivity index (χ1n) is 33.9. The molecule has 0 saturated carbocycles. The smallest absolute Gasteiger partial charge is 0.318 e. The van der Waals surface area contributed by atoms with Gasteiger partial charge in [-0.1, -0.05) is 127 Å². The molecular weight excluding hydrogens is 1450 g/mol. The molecule has 3 aliphatic heterocycles. The van der Waals surface area contributed by atoms with Crippen molar-refractivity contribution in [1.29, 1.82) is 5.26 Å². The van der Waals surface area contributed by atoms with Gasteiger partial charge < -0.3 is 58.9 Å². The summed E-state index contributed by atoms with van der Waals surface area (Å²) in [6.45, 7) is 15.5. The molecule has 108 heavy (non-hydrogen) atoms. The lowest BCUT2D eigenvalue weighted by Gasteiger charge is -2.41. The number of rotatable bonds is 13. The first kappa shape index (κ1) is 74.0. The Morgan fingerprint density at radius 2 is 0.778 bits per heavy atom. The summed E-state index contributed by atoms with van der Waals surface area (Å²) in [6.07, 6.45) is 3.92. The highest BCUT2D eigenvalue weighted by atomic mass is 35.5. The number of methoxy groups -OCH3 is 3. The van der Waals surface area contributed by atoms with Gasteiger partial charge in [-0.2, -0.15) is 35.2 Å². The van der Waals surface area contributed by atoms with Gasteiger partial charge in [-0.3, -0.25) is 14.4 Å². The number of phenolic OH excluding ortho intramolecular Hbond substituents is 3. The molecule has 0 bridgehead atoms. The quantitative estimate of drug-likeness (QED) is 0.0906. The zero-order valence-corrected chi connectivity index (χ0v) is 60.7. The van der Waals surface area contributed by atoms with Crippen molar-refractivity contribution in [2.75, 3.05) is 108 Å². The van der Waals surface area contributed by atoms with Crippen molar-refractivity contribution >= 4 is 135 Å². The second-order valence-corrected chi connectivity index (χ2v) is 26.5. The van der Waals surface area contributed by atoms with Crippen LogP contribution in [0.3, 0.4) is 0 Å². The minimum Gasteiger partial charge on any atom is -0.508 e. The van der Waals surface area contributed by atoms with E-state index in [4.69, 9.17) is 49.0 Å². The highest BCUT2D eigenvalue weighted by Crippen LogP contribution is 2.47. The largest absolute Gasteiger partial charge is 0.508 e. The summed E-state index contributed by atoms with van der Waals surface area (Å²) < 4.78 is 64.5. The molecule has 15 rings (SSSR count). The molecule has 1 atom stereocenters. The molecular formula is C80H67Cl3F3N13O9. The maximum absolute atomic E-state index is 16.3. The Bertz CT molecular complexity index is 5480. The van der Waals surface area contributed by atoms with Gasteiger partial charge in [0.1, 0.15) is 51.3 Å². The van der Waals surface area contributed by atoms with E-state index in [1.54, 1.807) is 51.1 Å². The fraction of sp³-hybridized carbons (Fsp3) is 0.200. The lowest BCUT2D eigenvalue weighted by atomic mass is 9.96. The number of aromatic nitrogens is 6. The lowest BCUT2D eigenvalue weighted by molar-refractivity contribution is -0.128. The SMILES string of the molecule is C=CC(=O)N1CCN(c2nc(OC)nc3c(F)c(-c4cc(O)cc5ccccc45)c(Cl)cc23)CC1.C=CC(=O)N1CCN(c2nc(OC)nc3c(F)c(-c4cc(O)cc5ccccc45)c(Cl)cc23)CC1.C=CC(=O)N1CCN(c2nc(OC)nc3c(F)c(-c4cc(O)cc5ccccc45)c(Cl)cc23)C[C@@H]1CC#N. The monoisotopic (exact) mass is 1520 g/mol. The van der Waals surface area contributed by atoms with Crippen LogP contribution in [0.5, 0.6) is 35.3 Å². The van der Waals surface area contributed by atoms with Gasteiger partial charge in [0.05, 0.1) is 54.9 Å². The second kappa shape index (κ2) is 31.4. The van der Waals surface area contributed by atoms with Crippen LogP contribution in [0.25, 0.3) is 98.4 Å². The van der Waals surface area contributed by atoms with Gasteiger partial charge in [0, 0.05) is 105 Å². The number of anilines is 3. The van der Waals surface area contributed by atoms with Gasteiger partial charge in [-0.05, 0) is 122 Å². The zero-order chi connectivity index (χ0) is 76.4. The number of amides is 3. The maximum atomic E-state index is 16.3. The summed E-state index contributed by atoms with van der Waals surface area (Å²) in [7, 11) is 4.23. The Labute approximate surface area is 631 Å². The molecule has 3 fully saturated rings. The van der Waals surface area contributed by atoms with Crippen LogP contribution in [-0.4, -0.2) is 177 Å². The number of piperazine rings is 3. The third-order valence-corrected chi connectivity index (χ3v) is 20.0. The van der Waals surface area contributed by atoms with Gasteiger partial charge in [-0.15, -0.1) is 0 Å². The van der Waals surface area contributed by atoms with Crippen LogP contribution in [0.15, 0.2) is 165 Å². The number of hydrogen-bond acceptors (Lipinski definition) is 19. The van der Waals surface area contributed by atoms with Gasteiger partial charge >= 0.3 is 18.0 Å². The summed E-state index contributed by atoms with van der Waals surface area (Å²) in [6, 6.07) is 37.9. The molecule has 3 aliphatic rings. The molecule has 548 valence electrons. The van der Waals surface area contributed by atoms with E-state index in [-0.39, 0.29) is 108 Å². The van der Waals surface area contributed by atoms with Crippen molar-refractivity contribution in [3.05, 3.63) is 198 Å². The first-order chi connectivity index (χ1) is 52.2. The number of halogens is 6. The summed E-state index contributed by atoms with van der Waals surface area (Å²) in [4.78, 5) is 73.4. The highest BCUT2D eigenvalue weighted by Gasteiger charge is 2.34. The summed E-state index contributed by atoms with van der Waals surface area (Å²) in [5.74, 6) is -1.15. The third kappa shape index (κ3) is 14.4. The number of benzene rings is 9. The van der Waals surface area contributed by atoms with E-state index in [0.717, 1.165) is 26.9 Å². The van der Waals surface area contributed by atoms with Crippen LogP contribution in [0.4, 0.5) is 30.6 Å². The Kier molecular flexibility index (Phi) is 21.6. The fourth-order valence-corrected chi connectivity index (χ4v) is 14.9. The standard InChI is InChI=1S/C28H23ClFN5O3.2C26H22ClFN4O3/c1-3-23(37)35-11-10-34(15-17(35)8-9-31)27-21-14-22(29)24(25(30)26(21)32-28(33-27)38-2)20-13-18(36)12-16-6-4-5-7-19(16)20;2*1-3-21(34)31-8-10-32(11-9-31)25-19-14-20(27)22(23(28)24(19)29-26(30-25)35-2)18-13-16(33)12-15-6-4-5-7-17(15)18/h3-7,12-14,17,36H,1,8,10-11,15H2,2H3;2*3-7,12-14,33H,1,8-11H2,2H3/t17-;;/m0../s1. The van der Waals surface area contributed by atoms with E-state index in [1.165, 1.54) is 57.8 Å². The van der Waals surface area contributed by atoms with Crippen LogP contribution in [0.1, 0.15) is 6.42 Å². The van der Waals surface area contributed by atoms with Crippen molar-refractivity contribution < 1.29 is 57.1 Å². The molecule has 0 aliphatic carbocycles. The summed E-state index contributed by atoms with van der Waals surface area (Å²) in [5.41, 5.74) is 1.84. The Morgan fingerprint density at radius 3 is 1.09 bits per heavy atom. The predicted molar refractivity (Wildman–Crippen MR) is 413 cm³/mol. The fourth-order valence-electron chi connectivity index (χ4n) is 14.0. The molecule has 28 heteroatoms. The minimum atomic E-state index is -0.681. The van der Waals surface area contributed by atoms with Gasteiger partial charge in [0.25, 0.3) is 0 Å². The predicted octanol–water partition coefficient (Wildman–Crippen LogP) is 14.7. The van der Waals surface area contributed by atoms with Crippen molar-refractivity contribution in [3.63, 3.8) is 0 Å². The number of hydrogen-bond donors (Lipinski definition) is 3. The Hall–Kier alpha value is -12.2. The molecule has 3 N–H and O–H groups in total. The molecule has 12 aromatic rings. The number of phenols is 3. The number of carbonyl (C=O) groups excluding carboxylic acids is 3. The molecule has 0 radical (unpaired) electrons. The number of ether oxygens (including phenoxy) is 3. The molecule has 0 spiro atoms. The molecule has 22 nitrogen and oxygen atoms in total. The van der Waals surface area contributed by atoms with Crippen molar-refractivity contribution in [1.82, 2.24) is 44.6 Å². The van der Waals surface area contributed by atoms with E-state index in [2.05, 4.69) is 55.7 Å². The van der Waals surface area contributed by atoms with Crippen molar-refractivity contribution in [2.45, 2.75) is 12.5 Å². The molecule has 3 saturated heterocycles.